The summed E-state index contributed by atoms with van der Waals surface area (Å²) >= 11 is 0. The molecule has 0 saturated carbocycles. The standard InChI is InChI=1S/C9H16N2/c1-6-9-10(4)7(2)8(3)11(9)5/h6H,1-5H3. The summed E-state index contributed by atoms with van der Waals surface area (Å²) in [6.07, 6.45) is 2.12. The SMILES string of the molecule is CC=C1N(C)C(C)=C(C)N1C. The number of nitrogens with zero attached hydrogens (tertiary/aromatic N) is 2. The van der Waals surface area contributed by atoms with E-state index in [1.165, 1.54) is 17.2 Å². The number of allylic oxidation sites excluding steroid dienone is 3. The van der Waals surface area contributed by atoms with Crippen molar-refractivity contribution in [3.63, 3.8) is 0 Å². The average molecular weight is 152 g/mol. The molecule has 0 fully saturated rings. The van der Waals surface area contributed by atoms with E-state index in [4.69, 9.17) is 0 Å². The summed E-state index contributed by atoms with van der Waals surface area (Å²) < 4.78 is 0. The zero-order chi connectivity index (χ0) is 8.59. The zero-order valence-corrected chi connectivity index (χ0v) is 7.97. The van der Waals surface area contributed by atoms with E-state index in [1.807, 2.05) is 0 Å². The van der Waals surface area contributed by atoms with Gasteiger partial charge in [0.2, 0.25) is 0 Å². The Labute approximate surface area is 68.8 Å². The smallest absolute Gasteiger partial charge is 0.108 e. The Bertz CT molecular complexity index is 206. The van der Waals surface area contributed by atoms with Crippen molar-refractivity contribution in [2.75, 3.05) is 14.1 Å². The van der Waals surface area contributed by atoms with Crippen LogP contribution in [0.4, 0.5) is 0 Å². The van der Waals surface area contributed by atoms with Crippen molar-refractivity contribution in [2.45, 2.75) is 20.8 Å². The van der Waals surface area contributed by atoms with E-state index in [-0.39, 0.29) is 0 Å². The molecule has 0 aliphatic carbocycles. The number of hydrogen-bond acceptors (Lipinski definition) is 2. The second kappa shape index (κ2) is 2.61. The number of rotatable bonds is 0. The molecule has 2 heteroatoms. The first-order chi connectivity index (χ1) is 5.09. The highest BCUT2D eigenvalue weighted by atomic mass is 15.4. The lowest BCUT2D eigenvalue weighted by atomic mass is 10.4. The van der Waals surface area contributed by atoms with Crippen LogP contribution in [0.5, 0.6) is 0 Å². The summed E-state index contributed by atoms with van der Waals surface area (Å²) in [6.45, 7) is 6.35. The summed E-state index contributed by atoms with van der Waals surface area (Å²) in [4.78, 5) is 4.41. The molecule has 0 aromatic heterocycles. The molecule has 11 heavy (non-hydrogen) atoms. The van der Waals surface area contributed by atoms with E-state index in [0.717, 1.165) is 0 Å². The van der Waals surface area contributed by atoms with Crippen molar-refractivity contribution in [1.29, 1.82) is 0 Å². The molecule has 0 N–H and O–H groups in total. The van der Waals surface area contributed by atoms with Gasteiger partial charge in [0.25, 0.3) is 0 Å². The third kappa shape index (κ3) is 1.02. The predicted octanol–water partition coefficient (Wildman–Crippen LogP) is 1.98. The van der Waals surface area contributed by atoms with Gasteiger partial charge in [-0.1, -0.05) is 0 Å². The van der Waals surface area contributed by atoms with Crippen LogP contribution >= 0.6 is 0 Å². The van der Waals surface area contributed by atoms with Gasteiger partial charge in [-0.25, -0.2) is 0 Å². The van der Waals surface area contributed by atoms with Gasteiger partial charge in [0.15, 0.2) is 0 Å². The second-order valence-corrected chi connectivity index (χ2v) is 2.94. The van der Waals surface area contributed by atoms with Crippen molar-refractivity contribution < 1.29 is 0 Å². The Kier molecular flexibility index (Phi) is 1.94. The van der Waals surface area contributed by atoms with Gasteiger partial charge in [0, 0.05) is 25.5 Å². The average Bonchev–Trinajstić information content (AvgIpc) is 2.17. The van der Waals surface area contributed by atoms with E-state index in [2.05, 4.69) is 50.7 Å². The fraction of sp³-hybridized carbons (Fsp3) is 0.556. The Balaban J connectivity index is 3.02. The Morgan fingerprint density at radius 1 is 1.00 bits per heavy atom. The van der Waals surface area contributed by atoms with Crippen LogP contribution in [0.2, 0.25) is 0 Å². The maximum atomic E-state index is 2.20. The fourth-order valence-electron chi connectivity index (χ4n) is 1.44. The van der Waals surface area contributed by atoms with Crippen LogP contribution in [0, 0.1) is 0 Å². The van der Waals surface area contributed by atoms with Gasteiger partial charge in [0.05, 0.1) is 0 Å². The van der Waals surface area contributed by atoms with Crippen molar-refractivity contribution in [2.24, 2.45) is 0 Å². The highest BCUT2D eigenvalue weighted by Crippen LogP contribution is 2.27. The van der Waals surface area contributed by atoms with Crippen molar-refractivity contribution >= 4 is 0 Å². The minimum Gasteiger partial charge on any atom is -0.333 e. The Hall–Kier alpha value is -0.920. The predicted molar refractivity (Wildman–Crippen MR) is 47.7 cm³/mol. The Morgan fingerprint density at radius 3 is 1.55 bits per heavy atom. The van der Waals surface area contributed by atoms with Crippen LogP contribution < -0.4 is 0 Å². The monoisotopic (exact) mass is 152 g/mol. The van der Waals surface area contributed by atoms with Gasteiger partial charge in [-0.15, -0.1) is 0 Å². The summed E-state index contributed by atoms with van der Waals surface area (Å²) in [5, 5.41) is 0. The minimum absolute atomic E-state index is 1.26. The molecule has 1 rings (SSSR count). The van der Waals surface area contributed by atoms with E-state index in [9.17, 15) is 0 Å². The van der Waals surface area contributed by atoms with Crippen LogP contribution in [0.15, 0.2) is 23.3 Å². The molecular formula is C9H16N2. The van der Waals surface area contributed by atoms with Gasteiger partial charge < -0.3 is 9.80 Å². The lowest BCUT2D eigenvalue weighted by Crippen LogP contribution is -2.18. The first kappa shape index (κ1) is 8.18. The topological polar surface area (TPSA) is 6.48 Å². The van der Waals surface area contributed by atoms with Gasteiger partial charge in [-0.3, -0.25) is 0 Å². The summed E-state index contributed by atoms with van der Waals surface area (Å²) in [6, 6.07) is 0. The molecule has 0 aromatic rings. The maximum Gasteiger partial charge on any atom is 0.108 e. The normalized spacial score (nSPS) is 18.5. The Morgan fingerprint density at radius 2 is 1.36 bits per heavy atom. The maximum absolute atomic E-state index is 2.20. The van der Waals surface area contributed by atoms with Crippen molar-refractivity contribution in [3.8, 4) is 0 Å². The fourth-order valence-corrected chi connectivity index (χ4v) is 1.44. The first-order valence-corrected chi connectivity index (χ1v) is 3.90. The van der Waals surface area contributed by atoms with Gasteiger partial charge in [-0.05, 0) is 26.8 Å². The second-order valence-electron chi connectivity index (χ2n) is 2.94. The molecule has 1 heterocycles. The largest absolute Gasteiger partial charge is 0.333 e. The molecule has 0 amide bonds. The third-order valence-electron chi connectivity index (χ3n) is 2.48. The van der Waals surface area contributed by atoms with Crippen LogP contribution in [-0.2, 0) is 0 Å². The lowest BCUT2D eigenvalue weighted by molar-refractivity contribution is 0.421. The summed E-state index contributed by atoms with van der Waals surface area (Å²) in [5.41, 5.74) is 2.67. The molecule has 0 spiro atoms. The quantitative estimate of drug-likeness (QED) is 0.523. The van der Waals surface area contributed by atoms with E-state index in [1.54, 1.807) is 0 Å². The van der Waals surface area contributed by atoms with Gasteiger partial charge in [-0.2, -0.15) is 0 Å². The first-order valence-electron chi connectivity index (χ1n) is 3.90. The van der Waals surface area contributed by atoms with Gasteiger partial charge in [0.1, 0.15) is 5.82 Å². The molecule has 0 atom stereocenters. The summed E-state index contributed by atoms with van der Waals surface area (Å²) in [5.74, 6) is 1.26. The molecule has 62 valence electrons. The van der Waals surface area contributed by atoms with Crippen LogP contribution in [0.3, 0.4) is 0 Å². The number of hydrogen-bond donors (Lipinski definition) is 0. The highest BCUT2D eigenvalue weighted by Gasteiger charge is 2.21. The molecule has 2 nitrogen and oxygen atoms in total. The zero-order valence-electron chi connectivity index (χ0n) is 7.97. The van der Waals surface area contributed by atoms with Crippen molar-refractivity contribution in [1.82, 2.24) is 9.80 Å². The van der Waals surface area contributed by atoms with Crippen LogP contribution in [0.25, 0.3) is 0 Å². The van der Waals surface area contributed by atoms with Crippen LogP contribution in [0.1, 0.15) is 20.8 Å². The minimum atomic E-state index is 1.26. The molecule has 0 bridgehead atoms. The van der Waals surface area contributed by atoms with Crippen LogP contribution in [-0.4, -0.2) is 23.9 Å². The van der Waals surface area contributed by atoms with Crippen molar-refractivity contribution in [3.05, 3.63) is 23.3 Å². The van der Waals surface area contributed by atoms with Gasteiger partial charge >= 0.3 is 0 Å². The molecule has 1 aliphatic rings. The molecule has 0 radical (unpaired) electrons. The molecule has 0 unspecified atom stereocenters. The van der Waals surface area contributed by atoms with E-state index in [0.29, 0.717) is 0 Å². The summed E-state index contributed by atoms with van der Waals surface area (Å²) in [7, 11) is 4.19. The van der Waals surface area contributed by atoms with E-state index < -0.39 is 0 Å². The molecule has 1 aliphatic heterocycles. The lowest BCUT2D eigenvalue weighted by Gasteiger charge is -2.19. The van der Waals surface area contributed by atoms with E-state index >= 15 is 0 Å². The third-order valence-corrected chi connectivity index (χ3v) is 2.48. The molecular weight excluding hydrogens is 136 g/mol. The molecule has 0 saturated heterocycles. The highest BCUT2D eigenvalue weighted by molar-refractivity contribution is 5.25. The molecule has 0 aromatic carbocycles.